The molecule has 2 aromatic heterocycles. The van der Waals surface area contributed by atoms with Crippen molar-refractivity contribution in [1.29, 1.82) is 0 Å². The van der Waals surface area contributed by atoms with Crippen LogP contribution in [0.5, 0.6) is 5.75 Å². The number of aliphatic hydroxyl groups excluding tert-OH is 2. The SMILES string of the molecule is C#C[C@]1(CO[P@@](=O)(N[C@@H](C)C(=O)OC(C)C)Oc2ccccc2)O[C@@H](n2ccc3c(N)ncnc32)[C@@H](O)C1O. The number of carbonyl (C=O) groups excluding carboxylic acids is 1. The van der Waals surface area contributed by atoms with Gasteiger partial charge < -0.3 is 34.5 Å². The third-order valence-electron chi connectivity index (χ3n) is 5.96. The Morgan fingerprint density at radius 2 is 2.00 bits per heavy atom. The van der Waals surface area contributed by atoms with Gasteiger partial charge in [0.1, 0.15) is 48.4 Å². The summed E-state index contributed by atoms with van der Waals surface area (Å²) in [6.07, 6.45) is 3.75. The molecular weight excluding hydrogens is 529 g/mol. The van der Waals surface area contributed by atoms with E-state index in [1.165, 1.54) is 30.0 Å². The normalized spacial score (nSPS) is 25.2. The van der Waals surface area contributed by atoms with E-state index in [2.05, 4.69) is 21.0 Å². The van der Waals surface area contributed by atoms with Gasteiger partial charge in [-0.2, -0.15) is 5.09 Å². The number of nitrogens with two attached hydrogens (primary N) is 1. The van der Waals surface area contributed by atoms with Gasteiger partial charge in [0.2, 0.25) is 0 Å². The number of nitrogen functional groups attached to an aromatic ring is 1. The van der Waals surface area contributed by atoms with Crippen LogP contribution in [0.15, 0.2) is 48.9 Å². The number of aliphatic hydroxyl groups is 2. The molecule has 1 unspecified atom stereocenters. The number of fused-ring (bicyclic) bond motifs is 1. The molecule has 0 saturated carbocycles. The predicted molar refractivity (Wildman–Crippen MR) is 140 cm³/mol. The molecule has 6 atom stereocenters. The number of hydrogen-bond acceptors (Lipinski definition) is 11. The summed E-state index contributed by atoms with van der Waals surface area (Å²) < 4.78 is 37.7. The zero-order valence-corrected chi connectivity index (χ0v) is 22.4. The molecule has 1 saturated heterocycles. The molecule has 13 nitrogen and oxygen atoms in total. The molecule has 0 spiro atoms. The van der Waals surface area contributed by atoms with E-state index in [0.717, 1.165) is 0 Å². The molecule has 0 radical (unpaired) electrons. The Bertz CT molecular complexity index is 1410. The average molecular weight is 560 g/mol. The van der Waals surface area contributed by atoms with Crippen LogP contribution in [0.4, 0.5) is 5.82 Å². The molecule has 0 aliphatic carbocycles. The van der Waals surface area contributed by atoms with E-state index in [9.17, 15) is 19.6 Å². The monoisotopic (exact) mass is 559 g/mol. The zero-order valence-electron chi connectivity index (χ0n) is 21.5. The number of nitrogens with zero attached hydrogens (tertiary/aromatic N) is 3. The Kier molecular flexibility index (Phi) is 8.27. The highest BCUT2D eigenvalue weighted by molar-refractivity contribution is 7.52. The van der Waals surface area contributed by atoms with Gasteiger partial charge in [-0.15, -0.1) is 6.42 Å². The van der Waals surface area contributed by atoms with Crippen molar-refractivity contribution >= 4 is 30.6 Å². The number of aromatic nitrogens is 3. The van der Waals surface area contributed by atoms with Crippen LogP contribution < -0.4 is 15.3 Å². The number of ether oxygens (including phenoxy) is 2. The number of nitrogens with one attached hydrogen (secondary N) is 1. The van der Waals surface area contributed by atoms with Crippen LogP contribution in [0.25, 0.3) is 11.0 Å². The minimum atomic E-state index is -4.34. The van der Waals surface area contributed by atoms with E-state index < -0.39 is 56.5 Å². The van der Waals surface area contributed by atoms with Gasteiger partial charge in [0, 0.05) is 6.20 Å². The van der Waals surface area contributed by atoms with E-state index in [-0.39, 0.29) is 11.6 Å². The highest BCUT2D eigenvalue weighted by Gasteiger charge is 2.56. The van der Waals surface area contributed by atoms with Crippen molar-refractivity contribution in [3.63, 3.8) is 0 Å². The molecule has 1 aliphatic heterocycles. The average Bonchev–Trinajstić information content (AvgIpc) is 3.43. The number of benzene rings is 1. The lowest BCUT2D eigenvalue weighted by atomic mass is 9.97. The smallest absolute Gasteiger partial charge is 0.459 e. The van der Waals surface area contributed by atoms with Crippen molar-refractivity contribution in [1.82, 2.24) is 19.6 Å². The Labute approximate surface area is 224 Å². The van der Waals surface area contributed by atoms with Crippen LogP contribution in [-0.4, -0.2) is 67.3 Å². The van der Waals surface area contributed by atoms with Crippen LogP contribution in [-0.2, 0) is 23.4 Å². The van der Waals surface area contributed by atoms with Gasteiger partial charge in [0.05, 0.1) is 11.5 Å². The second kappa shape index (κ2) is 11.3. The van der Waals surface area contributed by atoms with Crippen LogP contribution in [0.2, 0.25) is 0 Å². The van der Waals surface area contributed by atoms with Gasteiger partial charge in [-0.05, 0) is 39.0 Å². The van der Waals surface area contributed by atoms with Gasteiger partial charge in [-0.1, -0.05) is 24.1 Å². The summed E-state index contributed by atoms with van der Waals surface area (Å²) in [5.74, 6) is 2.03. The summed E-state index contributed by atoms with van der Waals surface area (Å²) in [7, 11) is -4.34. The van der Waals surface area contributed by atoms with Crippen molar-refractivity contribution in [2.24, 2.45) is 0 Å². The molecule has 3 heterocycles. The number of hydrogen-bond donors (Lipinski definition) is 4. The van der Waals surface area contributed by atoms with Crippen molar-refractivity contribution in [2.75, 3.05) is 12.3 Å². The third kappa shape index (κ3) is 5.91. The van der Waals surface area contributed by atoms with Crippen molar-refractivity contribution in [3.05, 3.63) is 48.9 Å². The van der Waals surface area contributed by atoms with E-state index in [0.29, 0.717) is 11.0 Å². The minimum absolute atomic E-state index is 0.175. The fourth-order valence-corrected chi connectivity index (χ4v) is 5.52. The van der Waals surface area contributed by atoms with E-state index >= 15 is 0 Å². The second-order valence-corrected chi connectivity index (χ2v) is 10.9. The molecule has 1 aromatic carbocycles. The van der Waals surface area contributed by atoms with Gasteiger partial charge in [0.15, 0.2) is 11.8 Å². The summed E-state index contributed by atoms with van der Waals surface area (Å²) in [6, 6.07) is 8.64. The number of anilines is 1. The molecule has 0 bridgehead atoms. The molecular formula is C25H30N5O8P. The largest absolute Gasteiger partial charge is 0.462 e. The maximum absolute atomic E-state index is 13.8. The summed E-state index contributed by atoms with van der Waals surface area (Å²) in [5, 5.41) is 24.9. The molecule has 3 aromatic rings. The van der Waals surface area contributed by atoms with Gasteiger partial charge in [-0.3, -0.25) is 9.32 Å². The number of carbonyl (C=O) groups is 1. The Morgan fingerprint density at radius 1 is 1.28 bits per heavy atom. The van der Waals surface area contributed by atoms with Crippen molar-refractivity contribution < 1.29 is 38.1 Å². The summed E-state index contributed by atoms with van der Waals surface area (Å²) in [5.41, 5.74) is 4.28. The van der Waals surface area contributed by atoms with Crippen LogP contribution >= 0.6 is 7.75 Å². The van der Waals surface area contributed by atoms with E-state index in [4.69, 9.17) is 30.7 Å². The third-order valence-corrected chi connectivity index (χ3v) is 7.58. The molecule has 4 rings (SSSR count). The van der Waals surface area contributed by atoms with E-state index in [1.54, 1.807) is 44.3 Å². The van der Waals surface area contributed by atoms with E-state index in [1.807, 2.05) is 0 Å². The first kappa shape index (κ1) is 28.5. The minimum Gasteiger partial charge on any atom is -0.462 e. The van der Waals surface area contributed by atoms with Gasteiger partial charge >= 0.3 is 13.7 Å². The van der Waals surface area contributed by atoms with Crippen LogP contribution in [0, 0.1) is 12.3 Å². The molecule has 1 fully saturated rings. The van der Waals surface area contributed by atoms with Crippen LogP contribution in [0.3, 0.4) is 0 Å². The lowest BCUT2D eigenvalue weighted by molar-refractivity contribution is -0.149. The maximum Gasteiger partial charge on any atom is 0.459 e. The number of terminal acetylenes is 1. The first-order valence-electron chi connectivity index (χ1n) is 12.0. The summed E-state index contributed by atoms with van der Waals surface area (Å²) in [4.78, 5) is 20.5. The quantitative estimate of drug-likeness (QED) is 0.161. The number of esters is 1. The van der Waals surface area contributed by atoms with Gasteiger partial charge in [0.25, 0.3) is 0 Å². The van der Waals surface area contributed by atoms with Crippen LogP contribution in [0.1, 0.15) is 27.0 Å². The Hall–Kier alpha value is -3.50. The summed E-state index contributed by atoms with van der Waals surface area (Å²) in [6.45, 7) is 4.09. The first-order chi connectivity index (χ1) is 18.5. The van der Waals surface area contributed by atoms with Crippen molar-refractivity contribution in [2.45, 2.75) is 57.0 Å². The highest BCUT2D eigenvalue weighted by atomic mass is 31.2. The topological polar surface area (TPSA) is 180 Å². The first-order valence-corrected chi connectivity index (χ1v) is 13.6. The molecule has 0 amide bonds. The second-order valence-electron chi connectivity index (χ2n) is 9.21. The van der Waals surface area contributed by atoms with Gasteiger partial charge in [-0.25, -0.2) is 14.5 Å². The Morgan fingerprint density at radius 3 is 2.67 bits per heavy atom. The standard InChI is InChI=1S/C25H30N5O8P/c1-5-25(20(32)19(31)23(37-25)30-12-11-18-21(26)27-14-28-22(18)30)13-35-39(34,38-17-9-7-6-8-10-17)29-16(4)24(33)36-15(2)3/h1,6-12,14-16,19-20,23,31-32H,13H2,2-4H3,(H,29,34)(H2,26,27,28)/t16-,19-,20?,23+,25+,39-/m0/s1. The molecule has 39 heavy (non-hydrogen) atoms. The van der Waals surface area contributed by atoms with Crippen molar-refractivity contribution in [3.8, 4) is 18.1 Å². The molecule has 14 heteroatoms. The highest BCUT2D eigenvalue weighted by Crippen LogP contribution is 2.48. The Balaban J connectivity index is 1.59. The number of rotatable bonds is 10. The number of para-hydroxylation sites is 1. The zero-order chi connectivity index (χ0) is 28.4. The predicted octanol–water partition coefficient (Wildman–Crippen LogP) is 1.77. The fraction of sp³-hybridized carbons (Fsp3) is 0.400. The summed E-state index contributed by atoms with van der Waals surface area (Å²) >= 11 is 0. The fourth-order valence-electron chi connectivity index (χ4n) is 4.00. The lowest BCUT2D eigenvalue weighted by Crippen LogP contribution is -2.46. The molecule has 208 valence electrons. The lowest BCUT2D eigenvalue weighted by Gasteiger charge is -2.29. The maximum atomic E-state index is 13.8. The molecule has 1 aliphatic rings. The molecule has 5 N–H and O–H groups in total.